The van der Waals surface area contributed by atoms with Crippen LogP contribution < -0.4 is 0 Å². The van der Waals surface area contributed by atoms with E-state index in [9.17, 15) is 4.57 Å². The number of hydrogen-bond donors (Lipinski definition) is 0. The molecule has 1 aliphatic carbocycles. The van der Waals surface area contributed by atoms with Crippen LogP contribution in [0.25, 0.3) is 0 Å². The maximum atomic E-state index is 13.2. The van der Waals surface area contributed by atoms with E-state index >= 15 is 0 Å². The minimum atomic E-state index is -3.41. The van der Waals surface area contributed by atoms with Crippen LogP contribution in [0.15, 0.2) is 54.1 Å². The molecular formula is C19H25O4P. The smallest absolute Gasteiger partial charge is 0.395 e. The predicted octanol–water partition coefficient (Wildman–Crippen LogP) is 5.24. The average Bonchev–Trinajstić information content (AvgIpc) is 2.62. The fourth-order valence-corrected chi connectivity index (χ4v) is 5.07. The lowest BCUT2D eigenvalue weighted by Crippen LogP contribution is -2.33. The highest BCUT2D eigenvalue weighted by atomic mass is 31.2. The molecule has 3 atom stereocenters. The third-order valence-corrected chi connectivity index (χ3v) is 6.50. The largest absolute Gasteiger partial charge is 0.478 e. The Kier molecular flexibility index (Phi) is 5.60. The number of hydrogen-bond acceptors (Lipinski definition) is 4. The van der Waals surface area contributed by atoms with Gasteiger partial charge in [-0.3, -0.25) is 4.57 Å². The zero-order valence-electron chi connectivity index (χ0n) is 14.3. The summed E-state index contributed by atoms with van der Waals surface area (Å²) < 4.78 is 30.2. The van der Waals surface area contributed by atoms with Crippen molar-refractivity contribution in [1.82, 2.24) is 0 Å². The molecule has 4 nitrogen and oxygen atoms in total. The molecule has 0 amide bonds. The van der Waals surface area contributed by atoms with Gasteiger partial charge in [-0.1, -0.05) is 36.4 Å². The predicted molar refractivity (Wildman–Crippen MR) is 94.9 cm³/mol. The van der Waals surface area contributed by atoms with Gasteiger partial charge in [0.2, 0.25) is 5.50 Å². The molecule has 1 aliphatic heterocycles. The second kappa shape index (κ2) is 7.69. The molecule has 0 fully saturated rings. The maximum absolute atomic E-state index is 13.2. The maximum Gasteiger partial charge on any atom is 0.395 e. The highest BCUT2D eigenvalue weighted by Crippen LogP contribution is 2.60. The molecule has 5 heteroatoms. The van der Waals surface area contributed by atoms with Crippen molar-refractivity contribution in [2.45, 2.75) is 38.7 Å². The Morgan fingerprint density at radius 2 is 1.88 bits per heavy atom. The normalized spacial score (nSPS) is 26.4. The minimum absolute atomic E-state index is 0.0850. The van der Waals surface area contributed by atoms with Gasteiger partial charge >= 0.3 is 7.60 Å². The van der Waals surface area contributed by atoms with Gasteiger partial charge in [0.15, 0.2) is 0 Å². The van der Waals surface area contributed by atoms with Gasteiger partial charge in [-0.15, -0.1) is 0 Å². The summed E-state index contributed by atoms with van der Waals surface area (Å²) in [5.41, 5.74) is 1.57. The molecule has 2 aliphatic rings. The summed E-state index contributed by atoms with van der Waals surface area (Å²) in [4.78, 5) is 0. The second-order valence-corrected chi connectivity index (χ2v) is 7.98. The number of ether oxygens (including phenoxy) is 1. The summed E-state index contributed by atoms with van der Waals surface area (Å²) in [6.45, 7) is 4.26. The van der Waals surface area contributed by atoms with E-state index in [0.29, 0.717) is 24.6 Å². The first-order valence-corrected chi connectivity index (χ1v) is 10.2. The molecule has 0 saturated carbocycles. The number of allylic oxidation sites excluding steroid dienone is 2. The van der Waals surface area contributed by atoms with Crippen LogP contribution in [0.3, 0.4) is 0 Å². The first kappa shape index (κ1) is 17.5. The zero-order valence-corrected chi connectivity index (χ0v) is 15.2. The molecule has 0 spiro atoms. The van der Waals surface area contributed by atoms with E-state index in [4.69, 9.17) is 13.8 Å². The zero-order chi connectivity index (χ0) is 17.0. The lowest BCUT2D eigenvalue weighted by atomic mass is 9.76. The van der Waals surface area contributed by atoms with Gasteiger partial charge in [-0.2, -0.15) is 0 Å². The number of rotatable bonds is 6. The molecule has 1 heterocycles. The van der Waals surface area contributed by atoms with Crippen LogP contribution in [-0.4, -0.2) is 19.3 Å². The Bertz CT molecular complexity index is 643. The van der Waals surface area contributed by atoms with E-state index in [2.05, 4.69) is 24.3 Å². The second-order valence-electron chi connectivity index (χ2n) is 6.03. The van der Waals surface area contributed by atoms with Crippen LogP contribution >= 0.6 is 7.60 Å². The molecule has 0 saturated heterocycles. The Morgan fingerprint density at radius 3 is 2.54 bits per heavy atom. The summed E-state index contributed by atoms with van der Waals surface area (Å²) in [6, 6.07) is 10.3. The summed E-state index contributed by atoms with van der Waals surface area (Å²) in [5, 5.41) is 0. The third-order valence-electron chi connectivity index (χ3n) is 4.51. The van der Waals surface area contributed by atoms with Crippen LogP contribution in [0.5, 0.6) is 0 Å². The van der Waals surface area contributed by atoms with Crippen molar-refractivity contribution in [1.29, 1.82) is 0 Å². The van der Waals surface area contributed by atoms with Gasteiger partial charge in [0.25, 0.3) is 0 Å². The van der Waals surface area contributed by atoms with Crippen molar-refractivity contribution >= 4 is 7.60 Å². The van der Waals surface area contributed by atoms with E-state index in [1.165, 1.54) is 5.56 Å². The lowest BCUT2D eigenvalue weighted by Gasteiger charge is -2.39. The number of fused-ring (bicyclic) bond motifs is 1. The molecule has 1 aromatic carbocycles. The Morgan fingerprint density at radius 1 is 1.17 bits per heavy atom. The summed E-state index contributed by atoms with van der Waals surface area (Å²) in [5.74, 6) is 0.497. The van der Waals surface area contributed by atoms with Crippen molar-refractivity contribution in [3.05, 3.63) is 59.6 Å². The van der Waals surface area contributed by atoms with Crippen LogP contribution in [0.1, 0.15) is 38.2 Å². The van der Waals surface area contributed by atoms with Gasteiger partial charge in [0.05, 0.1) is 13.2 Å². The van der Waals surface area contributed by atoms with Gasteiger partial charge in [-0.05, 0) is 44.4 Å². The quantitative estimate of drug-likeness (QED) is 0.521. The van der Waals surface area contributed by atoms with Crippen LogP contribution in [-0.2, 0) is 18.3 Å². The average molecular weight is 348 g/mol. The van der Waals surface area contributed by atoms with Gasteiger partial charge in [0.1, 0.15) is 6.10 Å². The monoisotopic (exact) mass is 348 g/mol. The molecular weight excluding hydrogens is 323 g/mol. The fourth-order valence-electron chi connectivity index (χ4n) is 3.47. The van der Waals surface area contributed by atoms with Gasteiger partial charge in [0, 0.05) is 11.8 Å². The standard InChI is InChI=1S/C19H25O4P/c1-3-21-24(20,22-4-2)19-14-17(15-10-6-5-7-11-15)16-12-8-9-13-18(16)23-19/h5-7,9-11,13-14,16-18H,3-4,8,12H2,1-2H3/t16-,17+,18+/m0/s1. The summed E-state index contributed by atoms with van der Waals surface area (Å²) in [6.07, 6.45) is 8.20. The van der Waals surface area contributed by atoms with E-state index in [-0.39, 0.29) is 12.0 Å². The molecule has 1 aromatic rings. The fraction of sp³-hybridized carbons (Fsp3) is 0.474. The third kappa shape index (κ3) is 3.51. The first-order valence-electron chi connectivity index (χ1n) is 8.67. The Labute approximate surface area is 144 Å². The van der Waals surface area contributed by atoms with Crippen molar-refractivity contribution in [2.24, 2.45) is 5.92 Å². The Balaban J connectivity index is 2.01. The molecule has 130 valence electrons. The van der Waals surface area contributed by atoms with Crippen LogP contribution in [0.4, 0.5) is 0 Å². The molecule has 0 bridgehead atoms. The molecule has 0 N–H and O–H groups in total. The van der Waals surface area contributed by atoms with E-state index in [1.807, 2.05) is 38.1 Å². The molecule has 0 unspecified atom stereocenters. The van der Waals surface area contributed by atoms with E-state index < -0.39 is 7.60 Å². The van der Waals surface area contributed by atoms with Crippen LogP contribution in [0, 0.1) is 5.92 Å². The summed E-state index contributed by atoms with van der Waals surface area (Å²) in [7, 11) is -3.41. The molecule has 24 heavy (non-hydrogen) atoms. The summed E-state index contributed by atoms with van der Waals surface area (Å²) >= 11 is 0. The lowest BCUT2D eigenvalue weighted by molar-refractivity contribution is 0.0688. The topological polar surface area (TPSA) is 44.8 Å². The molecule has 3 rings (SSSR count). The van der Waals surface area contributed by atoms with Crippen molar-refractivity contribution in [2.75, 3.05) is 13.2 Å². The SMILES string of the molecule is CCOP(=O)(OCC)C1=C[C@H](c2ccccc2)[C@@H]2CCC=C[C@H]2O1. The van der Waals surface area contributed by atoms with Gasteiger partial charge < -0.3 is 13.8 Å². The van der Waals surface area contributed by atoms with E-state index in [0.717, 1.165) is 12.8 Å². The number of benzene rings is 1. The van der Waals surface area contributed by atoms with Crippen molar-refractivity contribution in [3.8, 4) is 0 Å². The van der Waals surface area contributed by atoms with Crippen molar-refractivity contribution < 1.29 is 18.3 Å². The molecule has 0 radical (unpaired) electrons. The Hall–Kier alpha value is -1.35. The molecule has 0 aromatic heterocycles. The van der Waals surface area contributed by atoms with Gasteiger partial charge in [-0.25, -0.2) is 0 Å². The highest BCUT2D eigenvalue weighted by Gasteiger charge is 2.42. The van der Waals surface area contributed by atoms with E-state index in [1.54, 1.807) is 0 Å². The highest BCUT2D eigenvalue weighted by molar-refractivity contribution is 7.58. The first-order chi connectivity index (χ1) is 11.7. The van der Waals surface area contributed by atoms with Crippen molar-refractivity contribution in [3.63, 3.8) is 0 Å². The van der Waals surface area contributed by atoms with Crippen LogP contribution in [0.2, 0.25) is 0 Å². The minimum Gasteiger partial charge on any atom is -0.478 e.